The van der Waals surface area contributed by atoms with Gasteiger partial charge < -0.3 is 20.1 Å². The maximum absolute atomic E-state index is 12.7. The van der Waals surface area contributed by atoms with Gasteiger partial charge in [0, 0.05) is 10.8 Å². The predicted octanol–water partition coefficient (Wildman–Crippen LogP) is 5.76. The van der Waals surface area contributed by atoms with E-state index in [1.54, 1.807) is 7.11 Å². The Hall–Kier alpha value is -2.24. The number of ether oxygens (including phenoxy) is 2. The number of hydrogen-bond acceptors (Lipinski definition) is 4. The van der Waals surface area contributed by atoms with Gasteiger partial charge in [0.25, 0.3) is 0 Å². The van der Waals surface area contributed by atoms with Crippen molar-refractivity contribution in [2.75, 3.05) is 13.7 Å². The lowest BCUT2D eigenvalue weighted by Gasteiger charge is -2.28. The maximum Gasteiger partial charge on any atom is 0.227 e. The molecule has 32 heavy (non-hydrogen) atoms. The summed E-state index contributed by atoms with van der Waals surface area (Å²) < 4.78 is 11.5. The Morgan fingerprint density at radius 3 is 1.88 bits per heavy atom. The highest BCUT2D eigenvalue weighted by molar-refractivity contribution is 5.84. The van der Waals surface area contributed by atoms with Crippen LogP contribution in [0.2, 0.25) is 0 Å². The fraction of sp³-hybridized carbons (Fsp3) is 0.692. The van der Waals surface area contributed by atoms with Crippen LogP contribution >= 0.6 is 0 Å². The highest BCUT2D eigenvalue weighted by atomic mass is 16.5. The van der Waals surface area contributed by atoms with Gasteiger partial charge in [0.2, 0.25) is 11.8 Å². The van der Waals surface area contributed by atoms with Crippen molar-refractivity contribution in [1.29, 1.82) is 0 Å². The van der Waals surface area contributed by atoms with Crippen LogP contribution < -0.4 is 20.1 Å². The van der Waals surface area contributed by atoms with Crippen LogP contribution in [0.5, 0.6) is 11.5 Å². The number of hydrogen-bond donors (Lipinski definition) is 2. The Morgan fingerprint density at radius 1 is 0.844 bits per heavy atom. The molecule has 0 aliphatic carbocycles. The SMILES string of the molecule is CCCCCCCCOc1ccc(C(NC(=O)C(C)(C)C)NC(=O)C(C)(C)C)cc1OC. The van der Waals surface area contributed by atoms with Gasteiger partial charge in [0.15, 0.2) is 11.5 Å². The second-order valence-corrected chi connectivity index (χ2v) is 10.4. The van der Waals surface area contributed by atoms with Gasteiger partial charge in [-0.05, 0) is 24.1 Å². The third kappa shape index (κ3) is 9.49. The number of nitrogens with one attached hydrogen (secondary N) is 2. The van der Waals surface area contributed by atoms with E-state index >= 15 is 0 Å². The topological polar surface area (TPSA) is 76.7 Å². The number of carbonyl (C=O) groups excluding carboxylic acids is 2. The molecular formula is C26H44N2O4. The Kier molecular flexibility index (Phi) is 11.0. The van der Waals surface area contributed by atoms with Crippen LogP contribution in [0.4, 0.5) is 0 Å². The molecule has 0 atom stereocenters. The molecule has 0 radical (unpaired) electrons. The summed E-state index contributed by atoms with van der Waals surface area (Å²) in [7, 11) is 1.59. The van der Waals surface area contributed by atoms with Gasteiger partial charge in [-0.1, -0.05) is 86.6 Å². The minimum absolute atomic E-state index is 0.154. The fourth-order valence-corrected chi connectivity index (χ4v) is 2.95. The normalized spacial score (nSPS) is 11.9. The number of methoxy groups -OCH3 is 1. The standard InChI is InChI=1S/C26H44N2O4/c1-9-10-11-12-13-14-17-32-20-16-15-19(18-21(20)31-8)22(27-23(29)25(2,3)4)28-24(30)26(5,6)7/h15-16,18,22H,9-14,17H2,1-8H3,(H,27,29)(H,28,30). The Morgan fingerprint density at radius 2 is 1.38 bits per heavy atom. The summed E-state index contributed by atoms with van der Waals surface area (Å²) >= 11 is 0. The lowest BCUT2D eigenvalue weighted by molar-refractivity contribution is -0.132. The van der Waals surface area contributed by atoms with Gasteiger partial charge in [-0.25, -0.2) is 0 Å². The van der Waals surface area contributed by atoms with Crippen LogP contribution in [-0.4, -0.2) is 25.5 Å². The third-order valence-electron chi connectivity index (χ3n) is 5.19. The molecular weight excluding hydrogens is 404 g/mol. The lowest BCUT2D eigenvalue weighted by atomic mass is 9.94. The average molecular weight is 449 g/mol. The molecule has 0 aliphatic rings. The zero-order valence-electron chi connectivity index (χ0n) is 21.4. The summed E-state index contributed by atoms with van der Waals surface area (Å²) in [6, 6.07) is 5.51. The second-order valence-electron chi connectivity index (χ2n) is 10.4. The summed E-state index contributed by atoms with van der Waals surface area (Å²) in [4.78, 5) is 25.3. The van der Waals surface area contributed by atoms with Crippen molar-refractivity contribution in [1.82, 2.24) is 10.6 Å². The zero-order chi connectivity index (χ0) is 24.4. The molecule has 0 saturated carbocycles. The molecule has 0 fully saturated rings. The minimum atomic E-state index is -0.671. The van der Waals surface area contributed by atoms with Gasteiger partial charge in [0.05, 0.1) is 13.7 Å². The largest absolute Gasteiger partial charge is 0.493 e. The average Bonchev–Trinajstić information content (AvgIpc) is 2.71. The van der Waals surface area contributed by atoms with Gasteiger partial charge in [-0.15, -0.1) is 0 Å². The van der Waals surface area contributed by atoms with E-state index in [0.717, 1.165) is 18.4 Å². The minimum Gasteiger partial charge on any atom is -0.493 e. The molecule has 0 aromatic heterocycles. The van der Waals surface area contributed by atoms with E-state index in [1.807, 2.05) is 59.7 Å². The number of carbonyl (C=O) groups is 2. The summed E-state index contributed by atoms with van der Waals surface area (Å²) in [6.07, 6.45) is 6.52. The van der Waals surface area contributed by atoms with Crippen molar-refractivity contribution < 1.29 is 19.1 Å². The first kappa shape index (κ1) is 27.8. The van der Waals surface area contributed by atoms with E-state index in [4.69, 9.17) is 9.47 Å². The first-order chi connectivity index (χ1) is 14.9. The molecule has 6 heteroatoms. The van der Waals surface area contributed by atoms with Crippen LogP contribution in [0.15, 0.2) is 18.2 Å². The first-order valence-corrected chi connectivity index (χ1v) is 11.8. The predicted molar refractivity (Wildman–Crippen MR) is 130 cm³/mol. The molecule has 0 bridgehead atoms. The van der Waals surface area contributed by atoms with Crippen LogP contribution in [0, 0.1) is 10.8 Å². The van der Waals surface area contributed by atoms with Crippen molar-refractivity contribution in [3.8, 4) is 11.5 Å². The van der Waals surface area contributed by atoms with E-state index in [9.17, 15) is 9.59 Å². The molecule has 1 aromatic carbocycles. The number of unbranched alkanes of at least 4 members (excludes halogenated alkanes) is 5. The Balaban J connectivity index is 2.94. The molecule has 1 aromatic rings. The van der Waals surface area contributed by atoms with Crippen LogP contribution in [0.25, 0.3) is 0 Å². The first-order valence-electron chi connectivity index (χ1n) is 11.8. The highest BCUT2D eigenvalue weighted by Gasteiger charge is 2.29. The molecule has 0 heterocycles. The van der Waals surface area contributed by atoms with E-state index in [0.29, 0.717) is 18.1 Å². The van der Waals surface area contributed by atoms with Crippen molar-refractivity contribution >= 4 is 11.8 Å². The summed E-state index contributed by atoms with van der Waals surface area (Å²) in [5, 5.41) is 5.91. The van der Waals surface area contributed by atoms with Gasteiger partial charge in [-0.3, -0.25) is 9.59 Å². The van der Waals surface area contributed by atoms with Gasteiger partial charge >= 0.3 is 0 Å². The van der Waals surface area contributed by atoms with Crippen molar-refractivity contribution in [3.63, 3.8) is 0 Å². The van der Waals surface area contributed by atoms with Crippen molar-refractivity contribution in [3.05, 3.63) is 23.8 Å². The zero-order valence-corrected chi connectivity index (χ0v) is 21.4. The van der Waals surface area contributed by atoms with E-state index in [2.05, 4.69) is 17.6 Å². The molecule has 182 valence electrons. The summed E-state index contributed by atoms with van der Waals surface area (Å²) in [5.41, 5.74) is -0.451. The molecule has 2 amide bonds. The summed E-state index contributed by atoms with van der Waals surface area (Å²) in [5.74, 6) is 0.930. The number of rotatable bonds is 12. The molecule has 0 spiro atoms. The smallest absolute Gasteiger partial charge is 0.227 e. The van der Waals surface area contributed by atoms with Crippen LogP contribution in [0.3, 0.4) is 0 Å². The Bertz CT molecular complexity index is 704. The molecule has 6 nitrogen and oxygen atoms in total. The fourth-order valence-electron chi connectivity index (χ4n) is 2.95. The van der Waals surface area contributed by atoms with Gasteiger partial charge in [0.1, 0.15) is 6.17 Å². The monoisotopic (exact) mass is 448 g/mol. The Labute approximate surface area is 194 Å². The van der Waals surface area contributed by atoms with E-state index < -0.39 is 17.0 Å². The molecule has 0 aliphatic heterocycles. The quantitative estimate of drug-likeness (QED) is 0.315. The van der Waals surface area contributed by atoms with Crippen molar-refractivity contribution in [2.45, 2.75) is 93.2 Å². The van der Waals surface area contributed by atoms with E-state index in [-0.39, 0.29) is 11.8 Å². The molecule has 0 unspecified atom stereocenters. The molecule has 1 rings (SSSR count). The lowest BCUT2D eigenvalue weighted by Crippen LogP contribution is -2.47. The second kappa shape index (κ2) is 12.7. The van der Waals surface area contributed by atoms with Crippen LogP contribution in [-0.2, 0) is 9.59 Å². The highest BCUT2D eigenvalue weighted by Crippen LogP contribution is 2.31. The maximum atomic E-state index is 12.7. The number of benzene rings is 1. The van der Waals surface area contributed by atoms with Crippen LogP contribution in [0.1, 0.15) is 98.7 Å². The third-order valence-corrected chi connectivity index (χ3v) is 5.19. The molecule has 2 N–H and O–H groups in total. The van der Waals surface area contributed by atoms with Crippen molar-refractivity contribution in [2.24, 2.45) is 10.8 Å². The summed E-state index contributed by atoms with van der Waals surface area (Å²) in [6.45, 7) is 13.9. The van der Waals surface area contributed by atoms with E-state index in [1.165, 1.54) is 25.7 Å². The van der Waals surface area contributed by atoms with Gasteiger partial charge in [-0.2, -0.15) is 0 Å². The number of amides is 2. The molecule has 0 saturated heterocycles.